The number of hydrogen-bond acceptors (Lipinski definition) is 8. The minimum atomic E-state index is -1.20. The second kappa shape index (κ2) is 18.2. The average molecular weight is 918 g/mol. The van der Waals surface area contributed by atoms with Gasteiger partial charge in [-0.15, -0.1) is 0 Å². The van der Waals surface area contributed by atoms with E-state index in [1.807, 2.05) is 77.7 Å². The van der Waals surface area contributed by atoms with Gasteiger partial charge in [-0.05, 0) is 116 Å². The van der Waals surface area contributed by atoms with Gasteiger partial charge < -0.3 is 25.2 Å². The van der Waals surface area contributed by atoms with Crippen molar-refractivity contribution in [2.45, 2.75) is 50.7 Å². The molecule has 0 bridgehead atoms. The Morgan fingerprint density at radius 3 is 2.34 bits per heavy atom. The van der Waals surface area contributed by atoms with Crippen LogP contribution in [0.1, 0.15) is 45.2 Å². The number of benzene rings is 5. The highest BCUT2D eigenvalue weighted by molar-refractivity contribution is 9.10. The molecule has 1 aromatic heterocycles. The number of hydrogen-bond donors (Lipinski definition) is 3. The average Bonchev–Trinajstić information content (AvgIpc) is 3.26. The highest BCUT2D eigenvalue weighted by Gasteiger charge is 2.37. The fourth-order valence-corrected chi connectivity index (χ4v) is 8.14. The van der Waals surface area contributed by atoms with Crippen molar-refractivity contribution in [1.29, 1.82) is 5.26 Å². The number of anilines is 1. The number of aliphatic carboxylic acids is 1. The first-order valence-electron chi connectivity index (χ1n) is 19.3. The Balaban J connectivity index is 0.982. The van der Waals surface area contributed by atoms with Crippen molar-refractivity contribution in [3.05, 3.63) is 175 Å². The number of carbonyl (C=O) groups excluding carboxylic acids is 2. The van der Waals surface area contributed by atoms with E-state index in [4.69, 9.17) is 37.9 Å². The molecule has 6 aromatic rings. The summed E-state index contributed by atoms with van der Waals surface area (Å²) >= 11 is 15.6. The van der Waals surface area contributed by atoms with Crippen molar-refractivity contribution >= 4 is 62.6 Å². The number of amides is 2. The summed E-state index contributed by atoms with van der Waals surface area (Å²) in [6.07, 6.45) is -0.603. The lowest BCUT2D eigenvalue weighted by molar-refractivity contribution is -0.142. The van der Waals surface area contributed by atoms with Crippen LogP contribution in [0.4, 0.5) is 5.69 Å². The molecule has 306 valence electrons. The molecular formula is C47H36BrCl2N5O6. The fourth-order valence-electron chi connectivity index (χ4n) is 7.44. The molecule has 3 atom stereocenters. The molecule has 5 aromatic carbocycles. The van der Waals surface area contributed by atoms with Gasteiger partial charge in [-0.25, -0.2) is 9.78 Å². The molecule has 0 spiro atoms. The van der Waals surface area contributed by atoms with Gasteiger partial charge in [0.2, 0.25) is 12.0 Å². The van der Waals surface area contributed by atoms with Gasteiger partial charge in [0.25, 0.3) is 5.91 Å². The second-order valence-corrected chi connectivity index (χ2v) is 16.4. The highest BCUT2D eigenvalue weighted by atomic mass is 79.9. The normalized spacial score (nSPS) is 16.2. The van der Waals surface area contributed by atoms with Crippen molar-refractivity contribution < 1.29 is 29.0 Å². The van der Waals surface area contributed by atoms with Crippen molar-refractivity contribution in [2.24, 2.45) is 0 Å². The van der Waals surface area contributed by atoms with E-state index in [2.05, 4.69) is 37.6 Å². The maximum absolute atomic E-state index is 14.2. The Labute approximate surface area is 370 Å². The third kappa shape index (κ3) is 9.72. The number of carbonyl (C=O) groups is 3. The van der Waals surface area contributed by atoms with Gasteiger partial charge in [0, 0.05) is 25.1 Å². The summed E-state index contributed by atoms with van der Waals surface area (Å²) in [5.74, 6) is -0.857. The monoisotopic (exact) mass is 915 g/mol. The maximum atomic E-state index is 14.2. The Kier molecular flexibility index (Phi) is 12.4. The Bertz CT molecular complexity index is 2670. The predicted molar refractivity (Wildman–Crippen MR) is 234 cm³/mol. The Morgan fingerprint density at radius 1 is 0.934 bits per heavy atom. The molecule has 11 nitrogen and oxygen atoms in total. The maximum Gasteiger partial charge on any atom is 0.326 e. The minimum Gasteiger partial charge on any atom is -0.489 e. The summed E-state index contributed by atoms with van der Waals surface area (Å²) in [5.41, 5.74) is 7.56. The number of fused-ring (bicyclic) bond motifs is 2. The summed E-state index contributed by atoms with van der Waals surface area (Å²) in [6.45, 7) is 0.919. The molecule has 0 saturated heterocycles. The first kappa shape index (κ1) is 41.5. The summed E-state index contributed by atoms with van der Waals surface area (Å²) in [6, 6.07) is 36.5. The number of nitrogens with zero attached hydrogens (tertiary/aromatic N) is 3. The lowest BCUT2D eigenvalue weighted by atomic mass is 9.91. The van der Waals surface area contributed by atoms with Crippen molar-refractivity contribution in [2.75, 3.05) is 5.32 Å². The SMILES string of the molecule is N#Cc1ccc(-c2ccc(C[C@H](NC(=O)[C@@H]3Cc4cc5c(cc4CN3Cc3cccc(Br)n3)OC(c3ccc(OCc4ccc(Cl)c(Cl)c4)cc3)C(=O)N5)C(=O)O)cc2)cc1. The van der Waals surface area contributed by atoms with Crippen LogP contribution >= 0.6 is 39.1 Å². The van der Waals surface area contributed by atoms with Crippen LogP contribution in [0.25, 0.3) is 11.1 Å². The second-order valence-electron chi connectivity index (χ2n) is 14.8. The zero-order valence-corrected chi connectivity index (χ0v) is 35.4. The minimum absolute atomic E-state index is 0.0672. The highest BCUT2D eigenvalue weighted by Crippen LogP contribution is 2.40. The zero-order chi connectivity index (χ0) is 42.6. The first-order chi connectivity index (χ1) is 29.5. The quantitative estimate of drug-likeness (QED) is 0.102. The summed E-state index contributed by atoms with van der Waals surface area (Å²) < 4.78 is 12.9. The number of aromatic nitrogens is 1. The van der Waals surface area contributed by atoms with Crippen LogP contribution in [-0.4, -0.2) is 44.9 Å². The number of ether oxygens (including phenoxy) is 2. The number of carboxylic acids is 1. The van der Waals surface area contributed by atoms with Gasteiger partial charge in [-0.1, -0.05) is 83.9 Å². The first-order valence-corrected chi connectivity index (χ1v) is 20.8. The van der Waals surface area contributed by atoms with Crippen LogP contribution < -0.4 is 20.1 Å². The van der Waals surface area contributed by atoms with Gasteiger partial charge in [0.05, 0.1) is 39.1 Å². The van der Waals surface area contributed by atoms with Crippen molar-refractivity contribution in [3.63, 3.8) is 0 Å². The van der Waals surface area contributed by atoms with E-state index in [-0.39, 0.29) is 25.4 Å². The molecule has 0 saturated carbocycles. The fraction of sp³-hybridized carbons (Fsp3) is 0.170. The molecular weight excluding hydrogens is 881 g/mol. The van der Waals surface area contributed by atoms with E-state index in [0.29, 0.717) is 56.1 Å². The largest absolute Gasteiger partial charge is 0.489 e. The van der Waals surface area contributed by atoms with Crippen molar-refractivity contribution in [1.82, 2.24) is 15.2 Å². The number of nitriles is 1. The van der Waals surface area contributed by atoms with Crippen LogP contribution in [0, 0.1) is 11.3 Å². The zero-order valence-electron chi connectivity index (χ0n) is 32.3. The van der Waals surface area contributed by atoms with Crippen LogP contribution in [0.3, 0.4) is 0 Å². The molecule has 0 aliphatic carbocycles. The van der Waals surface area contributed by atoms with Crippen molar-refractivity contribution in [3.8, 4) is 28.7 Å². The van der Waals surface area contributed by atoms with Crippen LogP contribution in [0.15, 0.2) is 126 Å². The van der Waals surface area contributed by atoms with Gasteiger partial charge in [0.1, 0.15) is 28.8 Å². The van der Waals surface area contributed by atoms with Crippen LogP contribution in [-0.2, 0) is 46.9 Å². The number of rotatable bonds is 12. The van der Waals surface area contributed by atoms with E-state index >= 15 is 0 Å². The standard InChI is InChI=1S/C47H36BrCl2N5O6/c48-43-3-1-2-35(52-43)25-55-24-34-22-42-39(53-46(57)44(61-42)32-13-15-36(16-14-32)60-26-29-8-17-37(49)38(50)18-29)20-33(34)21-41(55)45(56)54-40(47(58)59)19-27-4-9-30(10-5-27)31-11-6-28(23-51)7-12-31/h1-18,20,22,40-41,44H,19,21,24-26H2,(H,53,57)(H,54,56)(H,58,59)/t40-,41-,44?/m0/s1. The lowest BCUT2D eigenvalue weighted by Crippen LogP contribution is -2.54. The molecule has 0 radical (unpaired) electrons. The summed E-state index contributed by atoms with van der Waals surface area (Å²) in [5, 5.41) is 26.1. The third-order valence-corrected chi connectivity index (χ3v) is 11.8. The number of halogens is 3. The van der Waals surface area contributed by atoms with Gasteiger partial charge in [0.15, 0.2) is 0 Å². The molecule has 3 heterocycles. The van der Waals surface area contributed by atoms with Gasteiger partial charge in [-0.3, -0.25) is 14.5 Å². The number of carboxylic acid groups (broad SMARTS) is 1. The number of pyridine rings is 1. The summed E-state index contributed by atoms with van der Waals surface area (Å²) in [7, 11) is 0. The molecule has 3 N–H and O–H groups in total. The van der Waals surface area contributed by atoms with E-state index in [0.717, 1.165) is 39.1 Å². The molecule has 61 heavy (non-hydrogen) atoms. The van der Waals surface area contributed by atoms with Gasteiger partial charge >= 0.3 is 5.97 Å². The third-order valence-electron chi connectivity index (χ3n) is 10.6. The molecule has 8 rings (SSSR count). The van der Waals surface area contributed by atoms with E-state index in [1.165, 1.54) is 0 Å². The van der Waals surface area contributed by atoms with E-state index in [9.17, 15) is 19.5 Å². The lowest BCUT2D eigenvalue weighted by Gasteiger charge is -2.37. The molecule has 2 aliphatic heterocycles. The smallest absolute Gasteiger partial charge is 0.326 e. The molecule has 14 heteroatoms. The van der Waals surface area contributed by atoms with Crippen LogP contribution in [0.2, 0.25) is 10.0 Å². The Morgan fingerprint density at radius 2 is 1.66 bits per heavy atom. The van der Waals surface area contributed by atoms with E-state index < -0.39 is 30.1 Å². The van der Waals surface area contributed by atoms with Gasteiger partial charge in [-0.2, -0.15) is 5.26 Å². The van der Waals surface area contributed by atoms with Crippen LogP contribution in [0.5, 0.6) is 11.5 Å². The molecule has 2 aliphatic rings. The molecule has 2 amide bonds. The van der Waals surface area contributed by atoms with E-state index in [1.54, 1.807) is 48.5 Å². The molecule has 1 unspecified atom stereocenters. The number of nitrogens with one attached hydrogen (secondary N) is 2. The topological polar surface area (TPSA) is 154 Å². The predicted octanol–water partition coefficient (Wildman–Crippen LogP) is 9.08. The molecule has 0 fully saturated rings. The Hall–Kier alpha value is -6.23. The summed E-state index contributed by atoms with van der Waals surface area (Å²) in [4.78, 5) is 46.8.